The Morgan fingerprint density at radius 2 is 2.27 bits per heavy atom. The van der Waals surface area contributed by atoms with Crippen molar-refractivity contribution in [2.45, 2.75) is 26.7 Å². The highest BCUT2D eigenvalue weighted by molar-refractivity contribution is 5.56. The third-order valence-electron chi connectivity index (χ3n) is 2.71. The molecule has 1 aliphatic rings. The summed E-state index contributed by atoms with van der Waals surface area (Å²) in [5.74, 6) is 1.54. The Hall–Kier alpha value is -1.56. The van der Waals surface area contributed by atoms with Gasteiger partial charge in [-0.1, -0.05) is 0 Å². The second kappa shape index (κ2) is 3.90. The normalized spacial score (nSPS) is 14.7. The Morgan fingerprint density at radius 3 is 2.87 bits per heavy atom. The molecule has 1 aromatic rings. The summed E-state index contributed by atoms with van der Waals surface area (Å²) in [4.78, 5) is 4.37. The molecule has 0 aromatic carbocycles. The molecule has 0 spiro atoms. The van der Waals surface area contributed by atoms with Gasteiger partial charge in [-0.3, -0.25) is 0 Å². The molecular formula is C12H15N3. The number of anilines is 1. The van der Waals surface area contributed by atoms with E-state index in [-0.39, 0.29) is 0 Å². The summed E-state index contributed by atoms with van der Waals surface area (Å²) in [6.45, 7) is 4.86. The molecule has 1 aromatic heterocycles. The van der Waals surface area contributed by atoms with E-state index in [2.05, 4.69) is 16.4 Å². The van der Waals surface area contributed by atoms with Gasteiger partial charge in [0.25, 0.3) is 0 Å². The average molecular weight is 201 g/mol. The molecule has 0 radical (unpaired) electrons. The van der Waals surface area contributed by atoms with E-state index in [9.17, 15) is 0 Å². The third-order valence-corrected chi connectivity index (χ3v) is 2.71. The van der Waals surface area contributed by atoms with Crippen LogP contribution in [0.1, 0.15) is 29.7 Å². The van der Waals surface area contributed by atoms with Crippen LogP contribution in [-0.4, -0.2) is 11.5 Å². The van der Waals surface area contributed by atoms with Crippen LogP contribution in [0.4, 0.5) is 5.82 Å². The first-order chi connectivity index (χ1) is 7.20. The molecule has 0 aliphatic heterocycles. The van der Waals surface area contributed by atoms with E-state index in [4.69, 9.17) is 5.26 Å². The second-order valence-electron chi connectivity index (χ2n) is 4.24. The number of hydrogen-bond acceptors (Lipinski definition) is 3. The van der Waals surface area contributed by atoms with Crippen molar-refractivity contribution in [3.63, 3.8) is 0 Å². The van der Waals surface area contributed by atoms with Crippen LogP contribution in [0, 0.1) is 31.1 Å². The minimum absolute atomic E-state index is 0.682. The Morgan fingerprint density at radius 1 is 1.53 bits per heavy atom. The zero-order chi connectivity index (χ0) is 10.8. The molecule has 3 heteroatoms. The van der Waals surface area contributed by atoms with Crippen LogP contribution >= 0.6 is 0 Å². The van der Waals surface area contributed by atoms with Crippen molar-refractivity contribution in [3.05, 3.63) is 22.9 Å². The number of aromatic nitrogens is 1. The number of aryl methyl sites for hydroxylation is 2. The highest BCUT2D eigenvalue weighted by Gasteiger charge is 2.21. The summed E-state index contributed by atoms with van der Waals surface area (Å²) in [6.07, 6.45) is 2.61. The van der Waals surface area contributed by atoms with Crippen LogP contribution < -0.4 is 5.32 Å². The zero-order valence-electron chi connectivity index (χ0n) is 9.17. The summed E-state index contributed by atoms with van der Waals surface area (Å²) >= 11 is 0. The molecule has 15 heavy (non-hydrogen) atoms. The molecular weight excluding hydrogens is 186 g/mol. The van der Waals surface area contributed by atoms with Crippen LogP contribution in [0.5, 0.6) is 0 Å². The minimum atomic E-state index is 0.682. The lowest BCUT2D eigenvalue weighted by atomic mass is 10.1. The predicted molar refractivity (Wildman–Crippen MR) is 59.6 cm³/mol. The maximum absolute atomic E-state index is 9.04. The fourth-order valence-electron chi connectivity index (χ4n) is 1.67. The molecule has 2 rings (SSSR count). The number of pyridine rings is 1. The van der Waals surface area contributed by atoms with Crippen LogP contribution in [0.25, 0.3) is 0 Å². The van der Waals surface area contributed by atoms with Crippen LogP contribution in [0.2, 0.25) is 0 Å². The van der Waals surface area contributed by atoms with Gasteiger partial charge in [0.15, 0.2) is 0 Å². The molecule has 1 N–H and O–H groups in total. The Kier molecular flexibility index (Phi) is 2.59. The lowest BCUT2D eigenvalue weighted by Crippen LogP contribution is -2.08. The number of hydrogen-bond donors (Lipinski definition) is 1. The van der Waals surface area contributed by atoms with E-state index in [1.165, 1.54) is 12.8 Å². The molecule has 0 atom stereocenters. The molecule has 0 saturated heterocycles. The van der Waals surface area contributed by atoms with E-state index >= 15 is 0 Å². The summed E-state index contributed by atoms with van der Waals surface area (Å²) < 4.78 is 0. The van der Waals surface area contributed by atoms with E-state index in [0.29, 0.717) is 5.56 Å². The number of nitrogens with one attached hydrogen (secondary N) is 1. The predicted octanol–water partition coefficient (Wildman–Crippen LogP) is 2.39. The second-order valence-corrected chi connectivity index (χ2v) is 4.24. The SMILES string of the molecule is Cc1cc(C)c(C#N)c(NCC2CC2)n1. The molecule has 1 saturated carbocycles. The first-order valence-electron chi connectivity index (χ1n) is 5.33. The van der Waals surface area contributed by atoms with Gasteiger partial charge in [0.1, 0.15) is 11.9 Å². The number of nitrogens with zero attached hydrogens (tertiary/aromatic N) is 2. The lowest BCUT2D eigenvalue weighted by molar-refractivity contribution is 0.880. The van der Waals surface area contributed by atoms with Crippen LogP contribution in [0.3, 0.4) is 0 Å². The van der Waals surface area contributed by atoms with Gasteiger partial charge in [0.2, 0.25) is 0 Å². The van der Waals surface area contributed by atoms with Gasteiger partial charge in [0, 0.05) is 12.2 Å². The van der Waals surface area contributed by atoms with Crippen molar-refractivity contribution in [3.8, 4) is 6.07 Å². The van der Waals surface area contributed by atoms with Gasteiger partial charge in [-0.25, -0.2) is 4.98 Å². The number of rotatable bonds is 3. The minimum Gasteiger partial charge on any atom is -0.369 e. The fraction of sp³-hybridized carbons (Fsp3) is 0.500. The van der Waals surface area contributed by atoms with Gasteiger partial charge >= 0.3 is 0 Å². The van der Waals surface area contributed by atoms with Gasteiger partial charge in [-0.2, -0.15) is 5.26 Å². The first-order valence-corrected chi connectivity index (χ1v) is 5.33. The Bertz CT molecular complexity index is 414. The van der Waals surface area contributed by atoms with Gasteiger partial charge in [-0.15, -0.1) is 0 Å². The van der Waals surface area contributed by atoms with Gasteiger partial charge < -0.3 is 5.32 Å². The Labute approximate surface area is 90.1 Å². The van der Waals surface area contributed by atoms with Gasteiger partial charge in [-0.05, 0) is 44.2 Å². The standard InChI is InChI=1S/C12H15N3/c1-8-5-9(2)15-12(11(8)6-13)14-7-10-3-4-10/h5,10H,3-4,7H2,1-2H3,(H,14,15). The monoisotopic (exact) mass is 201 g/mol. The van der Waals surface area contributed by atoms with Crippen molar-refractivity contribution in [1.82, 2.24) is 4.98 Å². The maximum atomic E-state index is 9.04. The molecule has 78 valence electrons. The van der Waals surface area contributed by atoms with Crippen molar-refractivity contribution >= 4 is 5.82 Å². The van der Waals surface area contributed by atoms with E-state index in [1.807, 2.05) is 19.9 Å². The highest BCUT2D eigenvalue weighted by Crippen LogP contribution is 2.29. The smallest absolute Gasteiger partial charge is 0.144 e. The van der Waals surface area contributed by atoms with E-state index < -0.39 is 0 Å². The largest absolute Gasteiger partial charge is 0.369 e. The molecule has 0 bridgehead atoms. The maximum Gasteiger partial charge on any atom is 0.144 e. The Balaban J connectivity index is 2.22. The first kappa shape index (κ1) is 9.97. The molecule has 1 aliphatic carbocycles. The molecule has 0 unspecified atom stereocenters. The zero-order valence-corrected chi connectivity index (χ0v) is 9.17. The molecule has 1 fully saturated rings. The molecule has 0 amide bonds. The van der Waals surface area contributed by atoms with Crippen LogP contribution in [-0.2, 0) is 0 Å². The van der Waals surface area contributed by atoms with Crippen LogP contribution in [0.15, 0.2) is 6.07 Å². The topological polar surface area (TPSA) is 48.7 Å². The fourth-order valence-corrected chi connectivity index (χ4v) is 1.67. The van der Waals surface area contributed by atoms with Gasteiger partial charge in [0.05, 0.1) is 5.56 Å². The summed E-state index contributed by atoms with van der Waals surface area (Å²) in [5, 5.41) is 12.3. The van der Waals surface area contributed by atoms with E-state index in [1.54, 1.807) is 0 Å². The molecule has 1 heterocycles. The van der Waals surface area contributed by atoms with Crippen molar-refractivity contribution in [2.24, 2.45) is 5.92 Å². The highest BCUT2D eigenvalue weighted by atomic mass is 15.0. The van der Waals surface area contributed by atoms with Crippen molar-refractivity contribution in [1.29, 1.82) is 5.26 Å². The summed E-state index contributed by atoms with van der Waals surface area (Å²) in [5.41, 5.74) is 2.65. The summed E-state index contributed by atoms with van der Waals surface area (Å²) in [7, 11) is 0. The van der Waals surface area contributed by atoms with E-state index in [0.717, 1.165) is 29.5 Å². The third kappa shape index (κ3) is 2.27. The van der Waals surface area contributed by atoms with Crippen molar-refractivity contribution < 1.29 is 0 Å². The van der Waals surface area contributed by atoms with Crippen molar-refractivity contribution in [2.75, 3.05) is 11.9 Å². The number of nitriles is 1. The quantitative estimate of drug-likeness (QED) is 0.816. The molecule has 3 nitrogen and oxygen atoms in total. The lowest BCUT2D eigenvalue weighted by Gasteiger charge is -2.09. The average Bonchev–Trinajstić information content (AvgIpc) is 2.97. The summed E-state index contributed by atoms with van der Waals surface area (Å²) in [6, 6.07) is 4.16.